The highest BCUT2D eigenvalue weighted by Crippen LogP contribution is 2.35. The zero-order valence-electron chi connectivity index (χ0n) is 12.6. The van der Waals surface area contributed by atoms with E-state index in [0.29, 0.717) is 17.2 Å². The summed E-state index contributed by atoms with van der Waals surface area (Å²) < 4.78 is 1.77. The maximum atomic E-state index is 12.8. The van der Waals surface area contributed by atoms with Gasteiger partial charge < -0.3 is 5.32 Å². The molecule has 0 bridgehead atoms. The number of piperidine rings is 1. The first kappa shape index (κ1) is 15.5. The number of aryl methyl sites for hydroxylation is 2. The molecule has 1 N–H and O–H groups in total. The van der Waals surface area contributed by atoms with Crippen LogP contribution in [0.4, 0.5) is 0 Å². The van der Waals surface area contributed by atoms with Crippen molar-refractivity contribution in [2.45, 2.75) is 46.0 Å². The minimum atomic E-state index is -0.175. The van der Waals surface area contributed by atoms with Crippen LogP contribution in [0.15, 0.2) is 0 Å². The van der Waals surface area contributed by atoms with Crippen LogP contribution in [0.3, 0.4) is 0 Å². The average molecular weight is 298 g/mol. The molecule has 1 aliphatic heterocycles. The van der Waals surface area contributed by atoms with Gasteiger partial charge in [-0.1, -0.05) is 25.4 Å². The molecule has 0 aliphatic carbocycles. The van der Waals surface area contributed by atoms with E-state index >= 15 is 0 Å². The SMILES string of the molecule is CCc1nn(C)c(CC(=O)C2(CC)CCNCC2)c1Cl. The van der Waals surface area contributed by atoms with Crippen molar-refractivity contribution in [2.75, 3.05) is 13.1 Å². The third kappa shape index (κ3) is 2.77. The van der Waals surface area contributed by atoms with E-state index in [2.05, 4.69) is 17.3 Å². The highest BCUT2D eigenvalue weighted by Gasteiger charge is 2.37. The zero-order chi connectivity index (χ0) is 14.8. The van der Waals surface area contributed by atoms with Crippen LogP contribution >= 0.6 is 11.6 Å². The molecule has 2 rings (SSSR count). The van der Waals surface area contributed by atoms with E-state index in [1.165, 1.54) is 0 Å². The van der Waals surface area contributed by atoms with Gasteiger partial charge >= 0.3 is 0 Å². The second kappa shape index (κ2) is 6.27. The van der Waals surface area contributed by atoms with E-state index < -0.39 is 0 Å². The Bertz CT molecular complexity index is 490. The summed E-state index contributed by atoms with van der Waals surface area (Å²) in [5.41, 5.74) is 1.57. The molecular formula is C15H24ClN3O. The standard InChI is InChI=1S/C15H24ClN3O/c1-4-11-14(16)12(19(3)18-11)10-13(20)15(5-2)6-8-17-9-7-15/h17H,4-10H2,1-3H3. The zero-order valence-corrected chi connectivity index (χ0v) is 13.4. The highest BCUT2D eigenvalue weighted by molar-refractivity contribution is 6.32. The molecule has 1 aromatic heterocycles. The molecule has 0 aromatic carbocycles. The first-order chi connectivity index (χ1) is 9.54. The van der Waals surface area contributed by atoms with Crippen molar-refractivity contribution < 1.29 is 4.79 Å². The molecule has 112 valence electrons. The molecule has 0 saturated carbocycles. The number of rotatable bonds is 5. The van der Waals surface area contributed by atoms with Gasteiger partial charge in [0.2, 0.25) is 0 Å². The van der Waals surface area contributed by atoms with E-state index in [-0.39, 0.29) is 5.41 Å². The number of hydrogen-bond donors (Lipinski definition) is 1. The molecule has 1 aromatic rings. The molecule has 0 amide bonds. The van der Waals surface area contributed by atoms with E-state index in [1.54, 1.807) is 4.68 Å². The van der Waals surface area contributed by atoms with E-state index in [1.807, 2.05) is 14.0 Å². The number of halogens is 1. The molecule has 2 heterocycles. The fraction of sp³-hybridized carbons (Fsp3) is 0.733. The Morgan fingerprint density at radius 1 is 1.40 bits per heavy atom. The first-order valence-corrected chi connectivity index (χ1v) is 7.86. The Morgan fingerprint density at radius 3 is 2.55 bits per heavy atom. The van der Waals surface area contributed by atoms with E-state index in [9.17, 15) is 4.79 Å². The predicted molar refractivity (Wildman–Crippen MR) is 81.1 cm³/mol. The van der Waals surface area contributed by atoms with Crippen molar-refractivity contribution in [3.8, 4) is 0 Å². The van der Waals surface area contributed by atoms with Crippen LogP contribution in [-0.4, -0.2) is 28.7 Å². The highest BCUT2D eigenvalue weighted by atomic mass is 35.5. The second-order valence-corrected chi connectivity index (χ2v) is 6.05. The molecule has 0 spiro atoms. The molecule has 0 atom stereocenters. The summed E-state index contributed by atoms with van der Waals surface area (Å²) in [6.07, 6.45) is 3.96. The average Bonchev–Trinajstić information content (AvgIpc) is 2.75. The third-order valence-corrected chi connectivity index (χ3v) is 5.10. The van der Waals surface area contributed by atoms with Crippen molar-refractivity contribution in [2.24, 2.45) is 12.5 Å². The lowest BCUT2D eigenvalue weighted by molar-refractivity contribution is -0.130. The first-order valence-electron chi connectivity index (χ1n) is 7.48. The Labute approximate surface area is 125 Å². The molecule has 5 heteroatoms. The van der Waals surface area contributed by atoms with Crippen LogP contribution in [-0.2, 0) is 24.7 Å². The topological polar surface area (TPSA) is 46.9 Å². The number of nitrogens with zero attached hydrogens (tertiary/aromatic N) is 2. The van der Waals surface area contributed by atoms with Gasteiger partial charge in [0.05, 0.1) is 22.8 Å². The van der Waals surface area contributed by atoms with Crippen LogP contribution in [0.2, 0.25) is 5.02 Å². The summed E-state index contributed by atoms with van der Waals surface area (Å²) in [5, 5.41) is 8.40. The van der Waals surface area contributed by atoms with Gasteiger partial charge in [0.25, 0.3) is 0 Å². The summed E-state index contributed by atoms with van der Waals surface area (Å²) in [6, 6.07) is 0. The van der Waals surface area contributed by atoms with Gasteiger partial charge in [-0.05, 0) is 38.8 Å². The molecule has 0 radical (unpaired) electrons. The lowest BCUT2D eigenvalue weighted by Crippen LogP contribution is -2.42. The van der Waals surface area contributed by atoms with Crippen LogP contribution in [0.5, 0.6) is 0 Å². The summed E-state index contributed by atoms with van der Waals surface area (Å²) >= 11 is 6.35. The minimum Gasteiger partial charge on any atom is -0.317 e. The Hall–Kier alpha value is -0.870. The fourth-order valence-corrected chi connectivity index (χ4v) is 3.45. The summed E-state index contributed by atoms with van der Waals surface area (Å²) in [6.45, 7) is 6.00. The lowest BCUT2D eigenvalue weighted by atomic mass is 9.72. The van der Waals surface area contributed by atoms with Crippen molar-refractivity contribution >= 4 is 17.4 Å². The van der Waals surface area contributed by atoms with Crippen LogP contribution in [0, 0.1) is 5.41 Å². The Balaban J connectivity index is 2.20. The fourth-order valence-electron chi connectivity index (χ4n) is 3.09. The quantitative estimate of drug-likeness (QED) is 0.908. The normalized spacial score (nSPS) is 18.2. The number of carbonyl (C=O) groups excluding carboxylic acids is 1. The smallest absolute Gasteiger partial charge is 0.145 e. The largest absolute Gasteiger partial charge is 0.317 e. The Morgan fingerprint density at radius 2 is 2.05 bits per heavy atom. The second-order valence-electron chi connectivity index (χ2n) is 5.67. The molecule has 1 saturated heterocycles. The number of carbonyl (C=O) groups is 1. The number of ketones is 1. The van der Waals surface area contributed by atoms with Gasteiger partial charge in [-0.25, -0.2) is 0 Å². The lowest BCUT2D eigenvalue weighted by Gasteiger charge is -2.35. The summed E-state index contributed by atoms with van der Waals surface area (Å²) in [5.74, 6) is 0.314. The van der Waals surface area contributed by atoms with Crippen molar-refractivity contribution in [1.82, 2.24) is 15.1 Å². The maximum absolute atomic E-state index is 12.8. The molecule has 4 nitrogen and oxygen atoms in total. The van der Waals surface area contributed by atoms with Crippen molar-refractivity contribution in [3.63, 3.8) is 0 Å². The monoisotopic (exact) mass is 297 g/mol. The number of nitrogens with one attached hydrogen (secondary N) is 1. The number of hydrogen-bond acceptors (Lipinski definition) is 3. The van der Waals surface area contributed by atoms with Gasteiger partial charge in [-0.2, -0.15) is 5.10 Å². The van der Waals surface area contributed by atoms with Crippen LogP contribution in [0.25, 0.3) is 0 Å². The molecular weight excluding hydrogens is 274 g/mol. The number of aromatic nitrogens is 2. The number of Topliss-reactive ketones (excluding diaryl/α,β-unsaturated/α-hetero) is 1. The maximum Gasteiger partial charge on any atom is 0.145 e. The molecule has 1 aliphatic rings. The van der Waals surface area contributed by atoms with Gasteiger partial charge in [0.1, 0.15) is 5.78 Å². The minimum absolute atomic E-state index is 0.175. The molecule has 0 unspecified atom stereocenters. The van der Waals surface area contributed by atoms with E-state index in [4.69, 9.17) is 11.6 Å². The van der Waals surface area contributed by atoms with Crippen LogP contribution in [0.1, 0.15) is 44.5 Å². The summed E-state index contributed by atoms with van der Waals surface area (Å²) in [7, 11) is 1.87. The van der Waals surface area contributed by atoms with Gasteiger partial charge in [-0.3, -0.25) is 9.48 Å². The Kier molecular flexibility index (Phi) is 4.86. The van der Waals surface area contributed by atoms with Crippen molar-refractivity contribution in [3.05, 3.63) is 16.4 Å². The van der Waals surface area contributed by atoms with Gasteiger partial charge in [0, 0.05) is 12.5 Å². The third-order valence-electron chi connectivity index (χ3n) is 4.66. The predicted octanol–water partition coefficient (Wildman–Crippen LogP) is 2.53. The molecule has 20 heavy (non-hydrogen) atoms. The summed E-state index contributed by atoms with van der Waals surface area (Å²) in [4.78, 5) is 12.8. The van der Waals surface area contributed by atoms with Gasteiger partial charge in [-0.15, -0.1) is 0 Å². The van der Waals surface area contributed by atoms with Crippen LogP contribution < -0.4 is 5.32 Å². The van der Waals surface area contributed by atoms with Crippen molar-refractivity contribution in [1.29, 1.82) is 0 Å². The molecule has 1 fully saturated rings. The van der Waals surface area contributed by atoms with E-state index in [0.717, 1.165) is 50.2 Å². The van der Waals surface area contributed by atoms with Gasteiger partial charge in [0.15, 0.2) is 0 Å².